The second-order valence-electron chi connectivity index (χ2n) is 7.59. The first kappa shape index (κ1) is 22.2. The Labute approximate surface area is 169 Å². The molecule has 28 heavy (non-hydrogen) atoms. The van der Waals surface area contributed by atoms with Gasteiger partial charge < -0.3 is 14.5 Å². The molecule has 0 aromatic heterocycles. The van der Waals surface area contributed by atoms with Crippen molar-refractivity contribution in [1.29, 1.82) is 5.26 Å². The molecule has 1 aromatic carbocycles. The van der Waals surface area contributed by atoms with Gasteiger partial charge in [0.15, 0.2) is 0 Å². The topological polar surface area (TPSA) is 81.3 Å². The van der Waals surface area contributed by atoms with Crippen LogP contribution in [0.2, 0.25) is 0 Å². The molecule has 154 valence electrons. The predicted molar refractivity (Wildman–Crippen MR) is 116 cm³/mol. The lowest BCUT2D eigenvalue weighted by atomic mass is 10.1. The maximum atomic E-state index is 12.3. The fourth-order valence-corrected chi connectivity index (χ4v) is 3.75. The molecule has 1 heterocycles. The molecule has 0 aliphatic carbocycles. The highest BCUT2D eigenvalue weighted by atomic mass is 32.2. The molecular formula is C20H31N5O2S. The lowest BCUT2D eigenvalue weighted by Crippen LogP contribution is -2.22. The lowest BCUT2D eigenvalue weighted by molar-refractivity contribution is 0.263. The summed E-state index contributed by atoms with van der Waals surface area (Å²) in [5.41, 5.74) is 2.11. The normalized spacial score (nSPS) is 15.0. The molecule has 0 bridgehead atoms. The highest BCUT2D eigenvalue weighted by molar-refractivity contribution is 7.92. The summed E-state index contributed by atoms with van der Waals surface area (Å²) in [5.74, 6) is 0.526. The summed E-state index contributed by atoms with van der Waals surface area (Å²) in [6.07, 6.45) is 8.23. The van der Waals surface area contributed by atoms with Crippen LogP contribution in [-0.4, -0.2) is 73.2 Å². The van der Waals surface area contributed by atoms with E-state index in [4.69, 9.17) is 4.74 Å². The van der Waals surface area contributed by atoms with Gasteiger partial charge in [0.25, 0.3) is 0 Å². The number of hydrogen-bond donors (Lipinski definition) is 0. The third-order valence-corrected chi connectivity index (χ3v) is 5.04. The van der Waals surface area contributed by atoms with Crippen LogP contribution in [0, 0.1) is 18.3 Å². The van der Waals surface area contributed by atoms with Gasteiger partial charge in [0, 0.05) is 48.4 Å². The molecule has 0 amide bonds. The number of benzene rings is 1. The zero-order valence-electron chi connectivity index (χ0n) is 17.6. The molecule has 0 unspecified atom stereocenters. The number of nitrogens with zero attached hydrogens (tertiary/aromatic N) is 5. The van der Waals surface area contributed by atoms with Gasteiger partial charge in [-0.3, -0.25) is 0 Å². The minimum atomic E-state index is -2.39. The van der Waals surface area contributed by atoms with Gasteiger partial charge in [-0.25, -0.2) is 9.20 Å². The van der Waals surface area contributed by atoms with E-state index >= 15 is 0 Å². The maximum Gasteiger partial charge on any atom is 0.150 e. The summed E-state index contributed by atoms with van der Waals surface area (Å²) in [7, 11) is 1.33. The minimum absolute atomic E-state index is 0.449. The molecule has 1 aliphatic rings. The molecule has 7 nitrogen and oxygen atoms in total. The Kier molecular flexibility index (Phi) is 7.84. The van der Waals surface area contributed by atoms with Crippen LogP contribution in [0.3, 0.4) is 0 Å². The van der Waals surface area contributed by atoms with Crippen molar-refractivity contribution in [2.24, 2.45) is 9.36 Å². The summed E-state index contributed by atoms with van der Waals surface area (Å²) in [4.78, 5) is 8.61. The van der Waals surface area contributed by atoms with Crippen LogP contribution in [0.1, 0.15) is 30.4 Å². The molecule has 0 atom stereocenters. The maximum absolute atomic E-state index is 12.3. The van der Waals surface area contributed by atoms with Crippen LogP contribution in [0.4, 0.5) is 11.4 Å². The van der Waals surface area contributed by atoms with E-state index in [1.807, 2.05) is 21.0 Å². The van der Waals surface area contributed by atoms with Crippen LogP contribution in [-0.2, 0) is 9.73 Å². The smallest absolute Gasteiger partial charge is 0.150 e. The summed E-state index contributed by atoms with van der Waals surface area (Å²) < 4.78 is 22.7. The van der Waals surface area contributed by atoms with E-state index < -0.39 is 9.73 Å². The first-order chi connectivity index (χ1) is 13.2. The predicted octanol–water partition coefficient (Wildman–Crippen LogP) is 3.31. The van der Waals surface area contributed by atoms with Crippen molar-refractivity contribution in [3.63, 3.8) is 0 Å². The minimum Gasteiger partial charge on any atom is -0.491 e. The molecular weight excluding hydrogens is 374 g/mol. The number of hydrogen-bond acceptors (Lipinski definition) is 6. The molecule has 1 aliphatic heterocycles. The van der Waals surface area contributed by atoms with E-state index in [-0.39, 0.29) is 0 Å². The van der Waals surface area contributed by atoms with Gasteiger partial charge in [-0.1, -0.05) is 0 Å². The van der Waals surface area contributed by atoms with Gasteiger partial charge in [-0.05, 0) is 45.3 Å². The molecule has 0 spiro atoms. The van der Waals surface area contributed by atoms with Gasteiger partial charge in [0.1, 0.15) is 17.5 Å². The summed E-state index contributed by atoms with van der Waals surface area (Å²) in [6.45, 7) is 5.67. The average molecular weight is 406 g/mol. The number of likely N-dealkylation sites (tertiary alicyclic amines) is 1. The molecule has 0 radical (unpaired) electrons. The summed E-state index contributed by atoms with van der Waals surface area (Å²) >= 11 is 0. The third kappa shape index (κ3) is 6.50. The molecule has 1 aromatic rings. The molecule has 2 rings (SSSR count). The Morgan fingerprint density at radius 1 is 1.32 bits per heavy atom. The first-order valence-corrected chi connectivity index (χ1v) is 11.8. The highest BCUT2D eigenvalue weighted by Gasteiger charge is 2.17. The van der Waals surface area contributed by atoms with Crippen molar-refractivity contribution in [3.05, 3.63) is 17.2 Å². The fourth-order valence-electron chi connectivity index (χ4n) is 3.14. The molecule has 0 saturated carbocycles. The highest BCUT2D eigenvalue weighted by Crippen LogP contribution is 2.40. The Hall–Kier alpha value is -2.11. The second-order valence-corrected chi connectivity index (χ2v) is 10.1. The van der Waals surface area contributed by atoms with E-state index in [0.29, 0.717) is 34.9 Å². The van der Waals surface area contributed by atoms with Crippen LogP contribution >= 0.6 is 0 Å². The Morgan fingerprint density at radius 3 is 2.57 bits per heavy atom. The average Bonchev–Trinajstić information content (AvgIpc) is 3.11. The zero-order chi connectivity index (χ0) is 20.7. The Balaban J connectivity index is 2.32. The van der Waals surface area contributed by atoms with Gasteiger partial charge in [-0.15, -0.1) is 0 Å². The van der Waals surface area contributed by atoms with Crippen molar-refractivity contribution < 1.29 is 8.95 Å². The van der Waals surface area contributed by atoms with Crippen molar-refractivity contribution >= 4 is 27.4 Å². The van der Waals surface area contributed by atoms with Gasteiger partial charge in [0.05, 0.1) is 24.2 Å². The van der Waals surface area contributed by atoms with E-state index in [0.717, 1.165) is 26.1 Å². The summed E-state index contributed by atoms with van der Waals surface area (Å²) in [6, 6.07) is 3.91. The van der Waals surface area contributed by atoms with Crippen molar-refractivity contribution in [1.82, 2.24) is 9.80 Å². The molecule has 1 fully saturated rings. The second kappa shape index (κ2) is 9.89. The van der Waals surface area contributed by atoms with Crippen molar-refractivity contribution in [2.45, 2.75) is 26.2 Å². The monoisotopic (exact) mass is 405 g/mol. The third-order valence-electron chi connectivity index (χ3n) is 4.40. The van der Waals surface area contributed by atoms with Gasteiger partial charge >= 0.3 is 0 Å². The number of nitriles is 1. The molecule has 1 saturated heterocycles. The first-order valence-electron chi connectivity index (χ1n) is 9.52. The fraction of sp³-hybridized carbons (Fsp3) is 0.600. The Morgan fingerprint density at radius 2 is 2.00 bits per heavy atom. The number of aliphatic imine (C=N–C) groups is 1. The quantitative estimate of drug-likeness (QED) is 0.376. The van der Waals surface area contributed by atoms with Gasteiger partial charge in [-0.2, -0.15) is 9.62 Å². The van der Waals surface area contributed by atoms with Crippen molar-refractivity contribution in [3.8, 4) is 11.8 Å². The SMILES string of the molecule is Cc1c(C#N)c(/N=C/N(C)C)cc(N=S(C)(C)=O)c1OCCCN1CCCC1. The number of rotatable bonds is 8. The van der Waals surface area contributed by atoms with Gasteiger partial charge in [0.2, 0.25) is 0 Å². The van der Waals surface area contributed by atoms with Crippen LogP contribution in [0.25, 0.3) is 0 Å². The number of ether oxygens (including phenoxy) is 1. The van der Waals surface area contributed by atoms with E-state index in [1.165, 1.54) is 12.8 Å². The van der Waals surface area contributed by atoms with Crippen LogP contribution in [0.15, 0.2) is 15.4 Å². The largest absolute Gasteiger partial charge is 0.491 e. The van der Waals surface area contributed by atoms with E-state index in [1.54, 1.807) is 29.8 Å². The van der Waals surface area contributed by atoms with Crippen LogP contribution in [0.5, 0.6) is 5.75 Å². The summed E-state index contributed by atoms with van der Waals surface area (Å²) in [5, 5.41) is 9.64. The Bertz CT molecular complexity index is 866. The van der Waals surface area contributed by atoms with E-state index in [2.05, 4.69) is 20.3 Å². The molecule has 8 heteroatoms. The van der Waals surface area contributed by atoms with Crippen LogP contribution < -0.4 is 4.74 Å². The van der Waals surface area contributed by atoms with Crippen molar-refractivity contribution in [2.75, 3.05) is 52.8 Å². The molecule has 0 N–H and O–H groups in total. The van der Waals surface area contributed by atoms with E-state index in [9.17, 15) is 9.47 Å². The zero-order valence-corrected chi connectivity index (χ0v) is 18.4. The lowest BCUT2D eigenvalue weighted by Gasteiger charge is -2.17. The standard InChI is InChI=1S/C20H31N5O2S/c1-16-17(14-21)18(22-15-24(2)3)13-19(23-28(4,5)26)20(16)27-12-8-11-25-9-6-7-10-25/h13,15H,6-12H2,1-5H3/b22-15+.